The van der Waals surface area contributed by atoms with E-state index >= 15 is 0 Å². The van der Waals surface area contributed by atoms with Gasteiger partial charge in [0, 0.05) is 43.4 Å². The molecular formula is C63H39NO. The third-order valence-corrected chi connectivity index (χ3v) is 15.1. The summed E-state index contributed by atoms with van der Waals surface area (Å²) in [7, 11) is 0. The van der Waals surface area contributed by atoms with Gasteiger partial charge in [-0.2, -0.15) is 0 Å². The molecular weight excluding hydrogens is 787 g/mol. The Kier molecular flexibility index (Phi) is 6.78. The smallest absolute Gasteiger partial charge is 0.143 e. The van der Waals surface area contributed by atoms with Gasteiger partial charge >= 0.3 is 0 Å². The van der Waals surface area contributed by atoms with Crippen LogP contribution in [-0.4, -0.2) is 4.57 Å². The van der Waals surface area contributed by atoms with Crippen molar-refractivity contribution in [3.63, 3.8) is 0 Å². The Labute approximate surface area is 374 Å². The van der Waals surface area contributed by atoms with Crippen molar-refractivity contribution in [1.82, 2.24) is 4.57 Å². The van der Waals surface area contributed by atoms with Crippen molar-refractivity contribution in [3.05, 3.63) is 211 Å². The number of hydrogen-bond donors (Lipinski definition) is 0. The van der Waals surface area contributed by atoms with Crippen LogP contribution in [0.4, 0.5) is 0 Å². The highest BCUT2D eigenvalue weighted by molar-refractivity contribution is 6.37. The Morgan fingerprint density at radius 2 is 0.985 bits per heavy atom. The summed E-state index contributed by atoms with van der Waals surface area (Å²) in [4.78, 5) is 0. The van der Waals surface area contributed by atoms with Crippen molar-refractivity contribution in [2.45, 2.75) is 19.3 Å². The van der Waals surface area contributed by atoms with Gasteiger partial charge < -0.3 is 8.98 Å². The van der Waals surface area contributed by atoms with Crippen LogP contribution in [0.25, 0.3) is 137 Å². The van der Waals surface area contributed by atoms with Crippen LogP contribution in [0.3, 0.4) is 0 Å². The number of furan rings is 1. The Bertz CT molecular complexity index is 4310. The Balaban J connectivity index is 0.972. The molecule has 302 valence electrons. The largest absolute Gasteiger partial charge is 0.455 e. The molecule has 0 bridgehead atoms. The topological polar surface area (TPSA) is 18.1 Å². The molecule has 2 heterocycles. The monoisotopic (exact) mass is 825 g/mol. The van der Waals surface area contributed by atoms with Crippen molar-refractivity contribution >= 4 is 97.6 Å². The Hall–Kier alpha value is -8.20. The van der Waals surface area contributed by atoms with Crippen LogP contribution < -0.4 is 0 Å². The zero-order chi connectivity index (χ0) is 42.7. The summed E-state index contributed by atoms with van der Waals surface area (Å²) in [5.41, 5.74) is 15.7. The molecule has 0 N–H and O–H groups in total. The first-order chi connectivity index (χ1) is 32.0. The van der Waals surface area contributed by atoms with E-state index < -0.39 is 0 Å². The summed E-state index contributed by atoms with van der Waals surface area (Å²) in [6.07, 6.45) is 0. The average molecular weight is 826 g/mol. The van der Waals surface area contributed by atoms with Crippen LogP contribution in [0.15, 0.2) is 205 Å². The number of para-hydroxylation sites is 2. The quantitative estimate of drug-likeness (QED) is 0.128. The minimum absolute atomic E-state index is 0.220. The number of aromatic nitrogens is 1. The van der Waals surface area contributed by atoms with Crippen LogP contribution in [0.5, 0.6) is 0 Å². The minimum Gasteiger partial charge on any atom is -0.455 e. The van der Waals surface area contributed by atoms with Crippen molar-refractivity contribution in [3.8, 4) is 39.1 Å². The van der Waals surface area contributed by atoms with E-state index in [2.05, 4.69) is 219 Å². The minimum atomic E-state index is -0.220. The third kappa shape index (κ3) is 4.53. The van der Waals surface area contributed by atoms with Crippen molar-refractivity contribution < 1.29 is 4.42 Å². The maximum absolute atomic E-state index is 6.85. The summed E-state index contributed by atoms with van der Waals surface area (Å²) in [5.74, 6) is 0. The molecule has 0 atom stereocenters. The first-order valence-electron chi connectivity index (χ1n) is 22.8. The van der Waals surface area contributed by atoms with Crippen LogP contribution in [0.1, 0.15) is 25.0 Å². The van der Waals surface area contributed by atoms with Crippen LogP contribution in [-0.2, 0) is 5.41 Å². The average Bonchev–Trinajstić information content (AvgIpc) is 3.98. The number of nitrogens with zero attached hydrogens (tertiary/aromatic N) is 1. The molecule has 14 aromatic rings. The van der Waals surface area contributed by atoms with E-state index in [9.17, 15) is 0 Å². The molecule has 0 amide bonds. The second-order valence-corrected chi connectivity index (χ2v) is 18.7. The molecule has 0 unspecified atom stereocenters. The molecule has 1 aliphatic carbocycles. The molecule has 1 aliphatic rings. The van der Waals surface area contributed by atoms with Gasteiger partial charge in [-0.3, -0.25) is 0 Å². The van der Waals surface area contributed by atoms with Gasteiger partial charge in [0.1, 0.15) is 11.2 Å². The summed E-state index contributed by atoms with van der Waals surface area (Å²) in [5, 5.41) is 17.4. The van der Waals surface area contributed by atoms with Gasteiger partial charge in [-0.15, -0.1) is 0 Å². The lowest BCUT2D eigenvalue weighted by molar-refractivity contribution is 0.664. The molecule has 0 aliphatic heterocycles. The molecule has 0 saturated heterocycles. The highest BCUT2D eigenvalue weighted by Crippen LogP contribution is 2.55. The van der Waals surface area contributed by atoms with Gasteiger partial charge in [0.2, 0.25) is 0 Å². The van der Waals surface area contributed by atoms with Crippen LogP contribution >= 0.6 is 0 Å². The van der Waals surface area contributed by atoms with E-state index in [1.807, 2.05) is 0 Å². The molecule has 2 aromatic heterocycles. The van der Waals surface area contributed by atoms with E-state index in [4.69, 9.17) is 4.42 Å². The molecule has 0 radical (unpaired) electrons. The fourth-order valence-corrected chi connectivity index (χ4v) is 12.4. The summed E-state index contributed by atoms with van der Waals surface area (Å²) < 4.78 is 9.35. The van der Waals surface area contributed by atoms with E-state index in [0.29, 0.717) is 0 Å². The zero-order valence-electron chi connectivity index (χ0n) is 35.9. The molecule has 0 saturated carbocycles. The number of benzene rings is 12. The molecule has 0 fully saturated rings. The van der Waals surface area contributed by atoms with Gasteiger partial charge in [0.15, 0.2) is 0 Å². The molecule has 65 heavy (non-hydrogen) atoms. The number of rotatable bonds is 3. The first kappa shape index (κ1) is 35.3. The lowest BCUT2D eigenvalue weighted by Crippen LogP contribution is -2.16. The standard InChI is InChI=1S/C63H39NO/c1-63(2)52-32-28-38(34-50(52)46-30-31-47-41-18-10-11-25-53(41)64(61(47)60(46)63)40-16-4-3-5-17-40)55-42-19-6-8-21-44(42)56(45-22-9-7-20-43(45)55)39-29-33-54-51(35-39)59-48-23-12-14-36-26-27-37-15-13-24-49(62(59)65-54)58(37)57(36)48/h3-35H,1-2H3. The lowest BCUT2D eigenvalue weighted by Gasteiger charge is -2.24. The number of hydrogen-bond acceptors (Lipinski definition) is 1. The SMILES string of the molecule is CC1(C)c2ccc(-c3c4ccccc4c(-c4ccc5oc6c7cccc8ccc9cccc(c6c5c4)c9c87)c4ccccc34)cc2-c2ccc3c4ccccc4n(-c4ccccc4)c3c21. The second kappa shape index (κ2) is 12.5. The second-order valence-electron chi connectivity index (χ2n) is 18.7. The predicted octanol–water partition coefficient (Wildman–Crippen LogP) is 17.5. The Morgan fingerprint density at radius 3 is 1.69 bits per heavy atom. The van der Waals surface area contributed by atoms with Gasteiger partial charge in [0.05, 0.1) is 11.0 Å². The van der Waals surface area contributed by atoms with E-state index in [1.165, 1.54) is 131 Å². The fraction of sp³-hybridized carbons (Fsp3) is 0.0476. The molecule has 2 heteroatoms. The highest BCUT2D eigenvalue weighted by Gasteiger charge is 2.39. The molecule has 12 aromatic carbocycles. The summed E-state index contributed by atoms with van der Waals surface area (Å²) in [6.45, 7) is 4.83. The highest BCUT2D eigenvalue weighted by atomic mass is 16.3. The summed E-state index contributed by atoms with van der Waals surface area (Å²) >= 11 is 0. The number of fused-ring (bicyclic) bond motifs is 14. The van der Waals surface area contributed by atoms with Gasteiger partial charge in [-0.25, -0.2) is 0 Å². The zero-order valence-corrected chi connectivity index (χ0v) is 35.9. The first-order valence-corrected chi connectivity index (χ1v) is 22.8. The van der Waals surface area contributed by atoms with Gasteiger partial charge in [0.25, 0.3) is 0 Å². The van der Waals surface area contributed by atoms with Crippen LogP contribution in [0, 0.1) is 0 Å². The normalized spacial score (nSPS) is 13.5. The lowest BCUT2D eigenvalue weighted by atomic mass is 9.80. The molecule has 0 spiro atoms. The van der Waals surface area contributed by atoms with Gasteiger partial charge in [-0.05, 0) is 124 Å². The maximum Gasteiger partial charge on any atom is 0.143 e. The summed E-state index contributed by atoms with van der Waals surface area (Å²) in [6, 6.07) is 74.5. The molecule has 15 rings (SSSR count). The fourth-order valence-electron chi connectivity index (χ4n) is 12.4. The van der Waals surface area contributed by atoms with Crippen LogP contribution in [0.2, 0.25) is 0 Å². The van der Waals surface area contributed by atoms with Crippen molar-refractivity contribution in [2.75, 3.05) is 0 Å². The van der Waals surface area contributed by atoms with Crippen molar-refractivity contribution in [2.24, 2.45) is 0 Å². The van der Waals surface area contributed by atoms with Crippen molar-refractivity contribution in [1.29, 1.82) is 0 Å². The Morgan fingerprint density at radius 1 is 0.400 bits per heavy atom. The van der Waals surface area contributed by atoms with Gasteiger partial charge in [-0.1, -0.05) is 178 Å². The predicted molar refractivity (Wildman–Crippen MR) is 275 cm³/mol. The van der Waals surface area contributed by atoms with E-state index in [0.717, 1.165) is 16.6 Å². The maximum atomic E-state index is 6.85. The van der Waals surface area contributed by atoms with E-state index in [1.54, 1.807) is 0 Å². The molecule has 2 nitrogen and oxygen atoms in total. The van der Waals surface area contributed by atoms with E-state index in [-0.39, 0.29) is 5.41 Å². The third-order valence-electron chi connectivity index (χ3n) is 15.1.